The highest BCUT2D eigenvalue weighted by molar-refractivity contribution is 5.94. The zero-order valence-corrected chi connectivity index (χ0v) is 13.1. The number of piperidine rings is 1. The Morgan fingerprint density at radius 1 is 1.32 bits per heavy atom. The monoisotopic (exact) mass is 297 g/mol. The van der Waals surface area contributed by atoms with Crippen LogP contribution in [0.2, 0.25) is 0 Å². The van der Waals surface area contributed by atoms with Gasteiger partial charge < -0.3 is 9.47 Å². The van der Waals surface area contributed by atoms with Crippen molar-refractivity contribution in [1.82, 2.24) is 14.5 Å². The maximum absolute atomic E-state index is 12.6. The first kappa shape index (κ1) is 15.0. The summed E-state index contributed by atoms with van der Waals surface area (Å²) in [5.74, 6) is 0.873. The second kappa shape index (κ2) is 6.88. The Balaban J connectivity index is 1.57. The molecule has 0 amide bonds. The molecule has 2 heterocycles. The minimum absolute atomic E-state index is 0.0885. The average molecular weight is 297 g/mol. The number of aryl methyl sites for hydroxylation is 1. The topological polar surface area (TPSA) is 38.1 Å². The van der Waals surface area contributed by atoms with Gasteiger partial charge in [-0.15, -0.1) is 0 Å². The zero-order valence-electron chi connectivity index (χ0n) is 13.1. The van der Waals surface area contributed by atoms with Crippen LogP contribution in [0.3, 0.4) is 0 Å². The molecule has 1 aromatic heterocycles. The number of carbonyl (C=O) groups excluding carboxylic acids is 1. The van der Waals surface area contributed by atoms with E-state index in [1.807, 2.05) is 23.9 Å². The summed E-state index contributed by atoms with van der Waals surface area (Å²) in [6, 6.07) is 10.5. The van der Waals surface area contributed by atoms with E-state index in [2.05, 4.69) is 34.1 Å². The Morgan fingerprint density at radius 2 is 2.14 bits per heavy atom. The fourth-order valence-electron chi connectivity index (χ4n) is 3.19. The first-order chi connectivity index (χ1) is 10.7. The van der Waals surface area contributed by atoms with Crippen LogP contribution in [0.1, 0.15) is 29.0 Å². The molecule has 1 aliphatic heterocycles. The van der Waals surface area contributed by atoms with Crippen LogP contribution < -0.4 is 0 Å². The first-order valence-corrected chi connectivity index (χ1v) is 8.02. The van der Waals surface area contributed by atoms with Crippen molar-refractivity contribution in [3.63, 3.8) is 0 Å². The number of benzene rings is 1. The summed E-state index contributed by atoms with van der Waals surface area (Å²) in [4.78, 5) is 19.2. The van der Waals surface area contributed by atoms with Gasteiger partial charge in [-0.25, -0.2) is 4.98 Å². The van der Waals surface area contributed by atoms with Crippen molar-refractivity contribution in [2.45, 2.75) is 19.3 Å². The van der Waals surface area contributed by atoms with Crippen LogP contribution in [0, 0.1) is 5.92 Å². The Hall–Kier alpha value is -1.94. The molecule has 2 aromatic rings. The Labute approximate surface area is 131 Å². The number of rotatable bonds is 5. The number of ketones is 1. The molecule has 4 nitrogen and oxygen atoms in total. The lowest BCUT2D eigenvalue weighted by atomic mass is 9.93. The summed E-state index contributed by atoms with van der Waals surface area (Å²) in [6.07, 6.45) is 6.65. The van der Waals surface area contributed by atoms with Crippen LogP contribution in [0.25, 0.3) is 0 Å². The minimum Gasteiger partial charge on any atom is -0.332 e. The summed E-state index contributed by atoms with van der Waals surface area (Å²) in [7, 11) is 1.89. The maximum Gasteiger partial charge on any atom is 0.202 e. The molecule has 0 bridgehead atoms. The molecule has 0 aliphatic carbocycles. The van der Waals surface area contributed by atoms with Crippen LogP contribution in [-0.4, -0.2) is 39.9 Å². The summed E-state index contributed by atoms with van der Waals surface area (Å²) >= 11 is 0. The molecule has 22 heavy (non-hydrogen) atoms. The molecule has 1 atom stereocenters. The van der Waals surface area contributed by atoms with Crippen LogP contribution in [0.4, 0.5) is 0 Å². The number of carbonyl (C=O) groups is 1. The van der Waals surface area contributed by atoms with E-state index in [1.54, 1.807) is 6.20 Å². The van der Waals surface area contributed by atoms with Gasteiger partial charge >= 0.3 is 0 Å². The lowest BCUT2D eigenvalue weighted by Gasteiger charge is -2.31. The van der Waals surface area contributed by atoms with Crippen molar-refractivity contribution in [1.29, 1.82) is 0 Å². The van der Waals surface area contributed by atoms with Gasteiger partial charge in [0.05, 0.1) is 0 Å². The van der Waals surface area contributed by atoms with E-state index in [0.29, 0.717) is 5.82 Å². The van der Waals surface area contributed by atoms with Gasteiger partial charge in [0.1, 0.15) is 0 Å². The van der Waals surface area contributed by atoms with Crippen LogP contribution in [0.15, 0.2) is 42.7 Å². The van der Waals surface area contributed by atoms with Gasteiger partial charge in [0.2, 0.25) is 5.78 Å². The highest BCUT2D eigenvalue weighted by atomic mass is 16.1. The Kier molecular flexibility index (Phi) is 4.68. The number of imidazole rings is 1. The quantitative estimate of drug-likeness (QED) is 0.796. The van der Waals surface area contributed by atoms with Gasteiger partial charge in [0.15, 0.2) is 5.82 Å². The number of hydrogen-bond acceptors (Lipinski definition) is 3. The molecule has 1 fully saturated rings. The number of aromatic nitrogens is 2. The van der Waals surface area contributed by atoms with E-state index in [1.165, 1.54) is 5.56 Å². The predicted molar refractivity (Wildman–Crippen MR) is 86.8 cm³/mol. The fourth-order valence-corrected chi connectivity index (χ4v) is 3.19. The number of nitrogens with zero attached hydrogens (tertiary/aromatic N) is 3. The molecule has 1 aliphatic rings. The van der Waals surface area contributed by atoms with Gasteiger partial charge in [-0.1, -0.05) is 30.3 Å². The lowest BCUT2D eigenvalue weighted by molar-refractivity contribution is 0.0807. The van der Waals surface area contributed by atoms with Gasteiger partial charge in [0, 0.05) is 38.4 Å². The van der Waals surface area contributed by atoms with E-state index in [-0.39, 0.29) is 11.7 Å². The second-order valence-corrected chi connectivity index (χ2v) is 6.10. The summed E-state index contributed by atoms with van der Waals surface area (Å²) < 4.78 is 1.82. The van der Waals surface area contributed by atoms with Gasteiger partial charge in [-0.2, -0.15) is 0 Å². The van der Waals surface area contributed by atoms with E-state index in [0.717, 1.165) is 38.9 Å². The van der Waals surface area contributed by atoms with E-state index in [4.69, 9.17) is 0 Å². The molecule has 0 spiro atoms. The van der Waals surface area contributed by atoms with Crippen LogP contribution >= 0.6 is 0 Å². The van der Waals surface area contributed by atoms with Crippen LogP contribution in [0.5, 0.6) is 0 Å². The van der Waals surface area contributed by atoms with E-state index in [9.17, 15) is 4.79 Å². The molecule has 0 N–H and O–H groups in total. The molecule has 1 aromatic carbocycles. The largest absolute Gasteiger partial charge is 0.332 e. The SMILES string of the molecule is Cn1ccnc1C(=O)C1CCCN(CCc2ccccc2)C1. The Morgan fingerprint density at radius 3 is 2.86 bits per heavy atom. The summed E-state index contributed by atoms with van der Waals surface area (Å²) in [5.41, 5.74) is 1.36. The second-order valence-electron chi connectivity index (χ2n) is 6.10. The van der Waals surface area contributed by atoms with Crippen molar-refractivity contribution >= 4 is 5.78 Å². The highest BCUT2D eigenvalue weighted by Crippen LogP contribution is 2.20. The van der Waals surface area contributed by atoms with Gasteiger partial charge in [0.25, 0.3) is 0 Å². The van der Waals surface area contributed by atoms with E-state index >= 15 is 0 Å². The lowest BCUT2D eigenvalue weighted by Crippen LogP contribution is -2.40. The number of likely N-dealkylation sites (tertiary alicyclic amines) is 1. The predicted octanol–water partition coefficient (Wildman–Crippen LogP) is 2.56. The fraction of sp³-hybridized carbons (Fsp3) is 0.444. The molecular formula is C18H23N3O. The molecule has 3 rings (SSSR count). The molecule has 1 saturated heterocycles. The minimum atomic E-state index is 0.0885. The highest BCUT2D eigenvalue weighted by Gasteiger charge is 2.28. The smallest absolute Gasteiger partial charge is 0.202 e. The number of Topliss-reactive ketones (excluding diaryl/α,β-unsaturated/α-hetero) is 1. The molecule has 116 valence electrons. The average Bonchev–Trinajstić information content (AvgIpc) is 2.99. The van der Waals surface area contributed by atoms with Crippen molar-refractivity contribution in [3.05, 3.63) is 54.1 Å². The van der Waals surface area contributed by atoms with Crippen molar-refractivity contribution in [2.24, 2.45) is 13.0 Å². The number of hydrogen-bond donors (Lipinski definition) is 0. The van der Waals surface area contributed by atoms with Crippen molar-refractivity contribution in [2.75, 3.05) is 19.6 Å². The molecule has 0 saturated carbocycles. The standard InChI is InChI=1S/C18H23N3O/c1-20-13-10-19-18(20)17(22)16-8-5-11-21(14-16)12-9-15-6-3-2-4-7-15/h2-4,6-7,10,13,16H,5,8-9,11-12,14H2,1H3. The summed E-state index contributed by atoms with van der Waals surface area (Å²) in [6.45, 7) is 2.98. The third-order valence-electron chi connectivity index (χ3n) is 4.48. The maximum atomic E-state index is 12.6. The van der Waals surface area contributed by atoms with Gasteiger partial charge in [-0.3, -0.25) is 4.79 Å². The normalized spacial score (nSPS) is 19.2. The zero-order chi connectivity index (χ0) is 15.4. The molecule has 1 unspecified atom stereocenters. The van der Waals surface area contributed by atoms with Gasteiger partial charge in [-0.05, 0) is 31.4 Å². The first-order valence-electron chi connectivity index (χ1n) is 8.02. The third-order valence-corrected chi connectivity index (χ3v) is 4.48. The van der Waals surface area contributed by atoms with Crippen LogP contribution in [-0.2, 0) is 13.5 Å². The van der Waals surface area contributed by atoms with Crippen molar-refractivity contribution in [3.8, 4) is 0 Å². The third kappa shape index (κ3) is 3.45. The van der Waals surface area contributed by atoms with E-state index < -0.39 is 0 Å². The van der Waals surface area contributed by atoms with Crippen molar-refractivity contribution < 1.29 is 4.79 Å². The molecule has 0 radical (unpaired) electrons. The molecule has 4 heteroatoms. The summed E-state index contributed by atoms with van der Waals surface area (Å²) in [5, 5.41) is 0. The Bertz CT molecular complexity index is 620. The molecular weight excluding hydrogens is 274 g/mol.